The van der Waals surface area contributed by atoms with Crippen molar-refractivity contribution in [3.8, 4) is 0 Å². The largest absolute Gasteiger partial charge is 0.476 e. The minimum Gasteiger partial charge on any atom is -0.476 e. The van der Waals surface area contributed by atoms with Crippen LogP contribution in [0.3, 0.4) is 0 Å². The Labute approximate surface area is 77.0 Å². The lowest BCUT2D eigenvalue weighted by atomic mass is 10.2. The van der Waals surface area contributed by atoms with Gasteiger partial charge in [-0.15, -0.1) is 0 Å². The standard InChI is InChI=1S/C7H4ClF2NO2/c8-4-2-1-3-11-5(4)7(9,10)6(12)13/h1-3H,(H,12,13). The van der Waals surface area contributed by atoms with E-state index in [0.29, 0.717) is 0 Å². The van der Waals surface area contributed by atoms with E-state index in [2.05, 4.69) is 4.98 Å². The maximum absolute atomic E-state index is 12.8. The predicted molar refractivity (Wildman–Crippen MR) is 40.8 cm³/mol. The quantitative estimate of drug-likeness (QED) is 0.806. The van der Waals surface area contributed by atoms with Crippen LogP contribution in [-0.4, -0.2) is 16.1 Å². The first-order valence-corrected chi connectivity index (χ1v) is 3.56. The minimum atomic E-state index is -4.04. The average molecular weight is 208 g/mol. The molecule has 0 aliphatic carbocycles. The van der Waals surface area contributed by atoms with Gasteiger partial charge in [-0.25, -0.2) is 4.79 Å². The van der Waals surface area contributed by atoms with Gasteiger partial charge >= 0.3 is 11.9 Å². The van der Waals surface area contributed by atoms with Crippen molar-refractivity contribution < 1.29 is 18.7 Å². The Hall–Kier alpha value is -1.23. The number of carboxylic acids is 1. The number of carboxylic acid groups (broad SMARTS) is 1. The summed E-state index contributed by atoms with van der Waals surface area (Å²) in [5.41, 5.74) is -0.941. The van der Waals surface area contributed by atoms with Gasteiger partial charge in [0.15, 0.2) is 0 Å². The molecule has 0 amide bonds. The van der Waals surface area contributed by atoms with Crippen molar-refractivity contribution in [3.63, 3.8) is 0 Å². The SMILES string of the molecule is O=C(O)C(F)(F)c1ncccc1Cl. The highest BCUT2D eigenvalue weighted by Gasteiger charge is 2.44. The number of pyridine rings is 1. The molecule has 0 radical (unpaired) electrons. The fourth-order valence-corrected chi connectivity index (χ4v) is 0.958. The molecule has 1 rings (SSSR count). The van der Waals surface area contributed by atoms with Gasteiger partial charge < -0.3 is 5.11 Å². The van der Waals surface area contributed by atoms with Crippen LogP contribution < -0.4 is 0 Å². The fourth-order valence-electron chi connectivity index (χ4n) is 0.718. The van der Waals surface area contributed by atoms with Crippen LogP contribution >= 0.6 is 11.6 Å². The highest BCUT2D eigenvalue weighted by Crippen LogP contribution is 2.31. The van der Waals surface area contributed by atoms with Crippen molar-refractivity contribution in [3.05, 3.63) is 29.0 Å². The molecule has 0 fully saturated rings. The van der Waals surface area contributed by atoms with E-state index < -0.39 is 17.6 Å². The second-order valence-corrected chi connectivity index (χ2v) is 2.62. The number of hydrogen-bond acceptors (Lipinski definition) is 2. The third-order valence-electron chi connectivity index (χ3n) is 1.32. The first-order chi connectivity index (χ1) is 5.96. The van der Waals surface area contributed by atoms with Crippen LogP contribution in [0.4, 0.5) is 8.78 Å². The summed E-state index contributed by atoms with van der Waals surface area (Å²) in [4.78, 5) is 13.3. The second kappa shape index (κ2) is 3.26. The molecule has 3 nitrogen and oxygen atoms in total. The van der Waals surface area contributed by atoms with Crippen molar-refractivity contribution in [1.82, 2.24) is 4.98 Å². The van der Waals surface area contributed by atoms with Gasteiger partial charge in [0.2, 0.25) is 0 Å². The van der Waals surface area contributed by atoms with Gasteiger partial charge in [0, 0.05) is 6.20 Å². The summed E-state index contributed by atoms with van der Waals surface area (Å²) in [5, 5.41) is 7.80. The summed E-state index contributed by atoms with van der Waals surface area (Å²) in [7, 11) is 0. The number of halogens is 3. The molecule has 0 bridgehead atoms. The topological polar surface area (TPSA) is 50.2 Å². The van der Waals surface area contributed by atoms with E-state index >= 15 is 0 Å². The van der Waals surface area contributed by atoms with Gasteiger partial charge in [0.25, 0.3) is 0 Å². The van der Waals surface area contributed by atoms with E-state index in [1.807, 2.05) is 0 Å². The minimum absolute atomic E-state index is 0.366. The van der Waals surface area contributed by atoms with E-state index in [4.69, 9.17) is 16.7 Å². The molecule has 1 N–H and O–H groups in total. The molecule has 0 aliphatic heterocycles. The molecule has 0 unspecified atom stereocenters. The number of nitrogens with zero attached hydrogens (tertiary/aromatic N) is 1. The molecule has 6 heteroatoms. The maximum Gasteiger partial charge on any atom is 0.385 e. The van der Waals surface area contributed by atoms with Gasteiger partial charge in [0.1, 0.15) is 5.69 Å². The van der Waals surface area contributed by atoms with Crippen LogP contribution in [-0.2, 0) is 10.7 Å². The van der Waals surface area contributed by atoms with E-state index in [0.717, 1.165) is 12.3 Å². The predicted octanol–water partition coefficient (Wildman–Crippen LogP) is 1.91. The zero-order chi connectivity index (χ0) is 10.1. The fraction of sp³-hybridized carbons (Fsp3) is 0.143. The highest BCUT2D eigenvalue weighted by atomic mass is 35.5. The molecule has 1 aromatic heterocycles. The Balaban J connectivity index is 3.22. The zero-order valence-corrected chi connectivity index (χ0v) is 6.92. The molecule has 13 heavy (non-hydrogen) atoms. The van der Waals surface area contributed by atoms with Gasteiger partial charge in [-0.3, -0.25) is 4.98 Å². The second-order valence-electron chi connectivity index (χ2n) is 2.21. The van der Waals surface area contributed by atoms with E-state index in [1.165, 1.54) is 6.07 Å². The Morgan fingerprint density at radius 3 is 2.69 bits per heavy atom. The smallest absolute Gasteiger partial charge is 0.385 e. The van der Waals surface area contributed by atoms with Crippen molar-refractivity contribution >= 4 is 17.6 Å². The number of aromatic nitrogens is 1. The molecule has 0 atom stereocenters. The Morgan fingerprint density at radius 1 is 1.62 bits per heavy atom. The molecule has 1 aromatic rings. The van der Waals surface area contributed by atoms with Crippen molar-refractivity contribution in [2.24, 2.45) is 0 Å². The lowest BCUT2D eigenvalue weighted by Gasteiger charge is -2.10. The summed E-state index contributed by atoms with van der Waals surface area (Å²) in [5.74, 6) is -6.31. The summed E-state index contributed by atoms with van der Waals surface area (Å²) in [6.07, 6.45) is 1.05. The van der Waals surface area contributed by atoms with Crippen LogP contribution in [0.5, 0.6) is 0 Å². The monoisotopic (exact) mass is 207 g/mol. The van der Waals surface area contributed by atoms with Gasteiger partial charge in [-0.05, 0) is 12.1 Å². The number of carbonyl (C=O) groups is 1. The van der Waals surface area contributed by atoms with Gasteiger partial charge in [-0.2, -0.15) is 8.78 Å². The number of hydrogen-bond donors (Lipinski definition) is 1. The van der Waals surface area contributed by atoms with Crippen LogP contribution in [0.1, 0.15) is 5.69 Å². The summed E-state index contributed by atoms with van der Waals surface area (Å²) in [6.45, 7) is 0. The average Bonchev–Trinajstić information content (AvgIpc) is 2.04. The Morgan fingerprint density at radius 2 is 2.23 bits per heavy atom. The Bertz CT molecular complexity index is 343. The molecule has 0 spiro atoms. The van der Waals surface area contributed by atoms with Crippen LogP contribution in [0, 0.1) is 0 Å². The summed E-state index contributed by atoms with van der Waals surface area (Å²) >= 11 is 5.35. The van der Waals surface area contributed by atoms with Crippen molar-refractivity contribution in [2.75, 3.05) is 0 Å². The first kappa shape index (κ1) is 9.85. The van der Waals surface area contributed by atoms with Crippen molar-refractivity contribution in [1.29, 1.82) is 0 Å². The maximum atomic E-state index is 12.8. The van der Waals surface area contributed by atoms with E-state index in [-0.39, 0.29) is 5.02 Å². The van der Waals surface area contributed by atoms with Crippen LogP contribution in [0.25, 0.3) is 0 Å². The van der Waals surface area contributed by atoms with E-state index in [9.17, 15) is 13.6 Å². The molecule has 0 saturated heterocycles. The molecule has 0 aliphatic rings. The highest BCUT2D eigenvalue weighted by molar-refractivity contribution is 6.31. The zero-order valence-electron chi connectivity index (χ0n) is 6.17. The molecular weight excluding hydrogens is 204 g/mol. The third kappa shape index (κ3) is 1.75. The Kier molecular flexibility index (Phi) is 2.47. The molecule has 0 saturated carbocycles. The van der Waals surface area contributed by atoms with Gasteiger partial charge in [0.05, 0.1) is 5.02 Å². The number of aliphatic carboxylic acids is 1. The molecular formula is C7H4ClF2NO2. The molecule has 1 heterocycles. The summed E-state index contributed by atoms with van der Waals surface area (Å²) in [6, 6.07) is 2.49. The number of rotatable bonds is 2. The normalized spacial score (nSPS) is 11.3. The van der Waals surface area contributed by atoms with Crippen molar-refractivity contribution in [2.45, 2.75) is 5.92 Å². The van der Waals surface area contributed by atoms with E-state index in [1.54, 1.807) is 0 Å². The molecule has 70 valence electrons. The third-order valence-corrected chi connectivity index (χ3v) is 1.63. The van der Waals surface area contributed by atoms with Gasteiger partial charge in [-0.1, -0.05) is 11.6 Å². The number of alkyl halides is 2. The van der Waals surface area contributed by atoms with Crippen LogP contribution in [0.15, 0.2) is 18.3 Å². The lowest BCUT2D eigenvalue weighted by Crippen LogP contribution is -2.26. The lowest BCUT2D eigenvalue weighted by molar-refractivity contribution is -0.166. The van der Waals surface area contributed by atoms with Crippen LogP contribution in [0.2, 0.25) is 5.02 Å². The first-order valence-electron chi connectivity index (χ1n) is 3.18. The summed E-state index contributed by atoms with van der Waals surface area (Å²) < 4.78 is 25.6. The molecule has 0 aromatic carbocycles.